The van der Waals surface area contributed by atoms with Gasteiger partial charge >= 0.3 is 11.8 Å². The zero-order valence-electron chi connectivity index (χ0n) is 23.4. The Morgan fingerprint density at radius 2 is 1.52 bits per heavy atom. The van der Waals surface area contributed by atoms with E-state index in [1.807, 2.05) is 4.98 Å². The summed E-state index contributed by atoms with van der Waals surface area (Å²) in [5.74, 6) is 0. The minimum atomic E-state index is -6.53. The Balaban J connectivity index is 1.44. The number of carbonyl (C=O) groups excluding carboxylic acids is 1. The molecule has 2 heterocycles. The summed E-state index contributed by atoms with van der Waals surface area (Å²) in [6, 6.07) is 12.3. The van der Waals surface area contributed by atoms with E-state index in [1.54, 1.807) is 18.2 Å². The van der Waals surface area contributed by atoms with E-state index in [0.29, 0.717) is 4.57 Å². The number of rotatable bonds is 13. The van der Waals surface area contributed by atoms with Crippen LogP contribution in [0.4, 0.5) is 10.5 Å². The van der Waals surface area contributed by atoms with Crippen molar-refractivity contribution < 1.29 is 74.7 Å². The Labute approximate surface area is 272 Å². The monoisotopic (exact) mass is 773 g/mol. The lowest BCUT2D eigenvalue weighted by atomic mass is 10.1. The summed E-state index contributed by atoms with van der Waals surface area (Å²) < 4.78 is 75.2. The maximum absolute atomic E-state index is 12.5. The number of carbonyl (C=O) groups is 1. The molecule has 0 radical (unpaired) electrons. The topological polar surface area (TPSA) is 320 Å². The van der Waals surface area contributed by atoms with Crippen LogP contribution < -0.4 is 41.4 Å². The quantitative estimate of drug-likeness (QED) is 0.183. The smallest absolute Gasteiger partial charge is 0.412 e. The van der Waals surface area contributed by atoms with Gasteiger partial charge in [0.15, 0.2) is 19.9 Å². The van der Waals surface area contributed by atoms with E-state index < -0.39 is 84.9 Å². The van der Waals surface area contributed by atoms with Crippen molar-refractivity contribution in [1.82, 2.24) is 9.55 Å². The fraction of sp³-hybridized carbons (Fsp3) is 0.227. The predicted molar refractivity (Wildman–Crippen MR) is 152 cm³/mol. The molecule has 0 aliphatic carbocycles. The molecule has 2 aromatic carbocycles. The number of ether oxygens (including phenoxy) is 2. The van der Waals surface area contributed by atoms with Crippen LogP contribution in [-0.2, 0) is 45.2 Å². The third kappa shape index (κ3) is 10.4. The molecule has 1 aliphatic heterocycles. The molecular weight excluding hydrogens is 754 g/mol. The van der Waals surface area contributed by atoms with Gasteiger partial charge in [-0.05, 0) is 36.4 Å². The second-order valence-corrected chi connectivity index (χ2v) is 16.1. The molecule has 0 spiro atoms. The minimum Gasteiger partial charge on any atom is -0.775 e. The number of para-hydroxylation sites is 1. The van der Waals surface area contributed by atoms with Gasteiger partial charge in [-0.3, -0.25) is 37.7 Å². The van der Waals surface area contributed by atoms with Gasteiger partial charge in [0.1, 0.15) is 12.2 Å². The minimum absolute atomic E-state index is 0.0527. The van der Waals surface area contributed by atoms with E-state index in [0.717, 1.165) is 36.5 Å². The number of nitrogens with zero attached hydrogens (tertiary/aromatic N) is 1. The van der Waals surface area contributed by atoms with Crippen LogP contribution in [0.3, 0.4) is 0 Å². The molecule has 1 aliphatic rings. The molecule has 1 aromatic heterocycles. The summed E-state index contributed by atoms with van der Waals surface area (Å²) in [7, 11) is -24.6. The Morgan fingerprint density at radius 1 is 0.917 bits per heavy atom. The number of halogens is 1. The number of hydrogen-bond donors (Lipinski definition) is 3. The number of aromatic amines is 1. The van der Waals surface area contributed by atoms with Crippen molar-refractivity contribution in [2.45, 2.75) is 24.5 Å². The first kappa shape index (κ1) is 38.0. The van der Waals surface area contributed by atoms with E-state index in [1.165, 1.54) is 12.1 Å². The molecule has 1 saturated heterocycles. The molecule has 5 unspecified atom stereocenters. The Morgan fingerprint density at radius 3 is 2.15 bits per heavy atom. The number of phosphoric ester groups is 1. The number of aliphatic hydroxyl groups is 1. The second kappa shape index (κ2) is 15.0. The Bertz CT molecular complexity index is 1940. The van der Waals surface area contributed by atoms with Crippen LogP contribution in [0.1, 0.15) is 6.23 Å². The molecule has 26 heteroatoms. The molecule has 1 amide bonds. The third-order valence-electron chi connectivity index (χ3n) is 5.85. The number of H-pyrrole nitrogens is 1. The van der Waals surface area contributed by atoms with Crippen molar-refractivity contribution in [3.63, 3.8) is 0 Å². The first-order valence-electron chi connectivity index (χ1n) is 12.7. The summed E-state index contributed by atoms with van der Waals surface area (Å²) in [5, 5.41) is 12.4. The third-order valence-corrected chi connectivity index (χ3v) is 12.4. The van der Waals surface area contributed by atoms with Gasteiger partial charge in [0, 0.05) is 28.3 Å². The number of anilines is 1. The molecule has 21 nitrogen and oxygen atoms in total. The van der Waals surface area contributed by atoms with Crippen LogP contribution in [0.2, 0.25) is 5.02 Å². The number of amides is 1. The van der Waals surface area contributed by atoms with Crippen molar-refractivity contribution in [1.29, 1.82) is 0 Å². The highest BCUT2D eigenvalue weighted by atomic mass is 35.5. The average molecular weight is 774 g/mol. The highest BCUT2D eigenvalue weighted by molar-refractivity contribution is 7.71. The lowest BCUT2D eigenvalue weighted by Crippen LogP contribution is -2.41. The number of hydrogen-bond acceptors (Lipinski definition) is 18. The van der Waals surface area contributed by atoms with E-state index in [-0.39, 0.29) is 10.7 Å². The number of phosphoric acid groups is 3. The molecule has 4 rings (SSSR count). The maximum atomic E-state index is 12.5. The van der Waals surface area contributed by atoms with Gasteiger partial charge in [-0.2, -0.15) is 0 Å². The molecule has 3 aromatic rings. The standard InChI is InChI=1S/C22H24ClN3O18P4/c23-13-6-8-15(9-7-13)45(31,32)42-47(35,36)44-48(37,38)43-46(33,34)39-12-16-18(28)19(41-22(30)24-14-4-2-1-3-5-14)20(40-16)26-11-10-17(27)25-21(26)29/h1-11,16,18-20,28H,12H2,(H,24,30)(H,31,32)(H,33,34)(H,35,36)(H,37,38)(H,25,27,29)/p-4/t16-,18?,19+,20-/m1/s1. The van der Waals surface area contributed by atoms with Crippen molar-refractivity contribution in [3.05, 3.63) is 92.7 Å². The lowest BCUT2D eigenvalue weighted by molar-refractivity contribution is -0.251. The van der Waals surface area contributed by atoms with Gasteiger partial charge < -0.3 is 43.2 Å². The zero-order chi connectivity index (χ0) is 35.5. The fourth-order valence-electron chi connectivity index (χ4n) is 3.89. The molecule has 8 atom stereocenters. The second-order valence-electron chi connectivity index (χ2n) is 9.29. The number of aromatic nitrogens is 2. The van der Waals surface area contributed by atoms with Gasteiger partial charge in [-0.25, -0.2) is 18.2 Å². The van der Waals surface area contributed by atoms with Crippen LogP contribution in [-0.4, -0.2) is 45.7 Å². The maximum Gasteiger partial charge on any atom is 0.412 e. The summed E-state index contributed by atoms with van der Waals surface area (Å²) in [5.41, 5.74) is -1.69. The van der Waals surface area contributed by atoms with E-state index >= 15 is 0 Å². The largest absolute Gasteiger partial charge is 0.775 e. The van der Waals surface area contributed by atoms with Crippen molar-refractivity contribution in [2.24, 2.45) is 0 Å². The predicted octanol–water partition coefficient (Wildman–Crippen LogP) is -0.584. The Hall–Kier alpha value is -2.80. The van der Waals surface area contributed by atoms with Gasteiger partial charge in [-0.1, -0.05) is 29.8 Å². The van der Waals surface area contributed by atoms with E-state index in [9.17, 15) is 57.3 Å². The van der Waals surface area contributed by atoms with Crippen molar-refractivity contribution >= 4 is 59.7 Å². The lowest BCUT2D eigenvalue weighted by Gasteiger charge is -2.36. The molecule has 0 bridgehead atoms. The average Bonchev–Trinajstić information content (AvgIpc) is 3.25. The Kier molecular flexibility index (Phi) is 11.9. The molecule has 3 N–H and O–H groups in total. The first-order valence-corrected chi connectivity index (χ1v) is 19.0. The number of benzene rings is 2. The summed E-state index contributed by atoms with van der Waals surface area (Å²) in [6.07, 6.45) is -7.63. The van der Waals surface area contributed by atoms with Crippen LogP contribution in [0.15, 0.2) is 76.4 Å². The van der Waals surface area contributed by atoms with E-state index in [4.69, 9.17) is 21.1 Å². The van der Waals surface area contributed by atoms with Gasteiger partial charge in [-0.15, -0.1) is 0 Å². The van der Waals surface area contributed by atoms with Gasteiger partial charge in [0.25, 0.3) is 29.0 Å². The van der Waals surface area contributed by atoms with Crippen LogP contribution >= 0.6 is 42.7 Å². The van der Waals surface area contributed by atoms with Gasteiger partial charge in [0.2, 0.25) is 0 Å². The molecule has 0 saturated carbocycles. The normalized spacial score (nSPS) is 24.4. The van der Waals surface area contributed by atoms with Crippen LogP contribution in [0, 0.1) is 0 Å². The number of nitrogens with one attached hydrogen (secondary N) is 2. The van der Waals surface area contributed by atoms with Crippen molar-refractivity contribution in [3.8, 4) is 0 Å². The number of aliphatic hydroxyl groups excluding tert-OH is 1. The summed E-state index contributed by atoms with van der Waals surface area (Å²) in [4.78, 5) is 86.9. The molecule has 1 fully saturated rings. The summed E-state index contributed by atoms with van der Waals surface area (Å²) in [6.45, 7) is -1.31. The molecular formula is C22H20ClN3O18P4-4. The highest BCUT2D eigenvalue weighted by Gasteiger charge is 2.48. The van der Waals surface area contributed by atoms with Crippen molar-refractivity contribution in [2.75, 3.05) is 11.9 Å². The molecule has 48 heavy (non-hydrogen) atoms. The highest BCUT2D eigenvalue weighted by Crippen LogP contribution is 2.66. The first-order chi connectivity index (χ1) is 22.3. The van der Waals surface area contributed by atoms with Gasteiger partial charge in [0.05, 0.1) is 6.61 Å². The van der Waals surface area contributed by atoms with E-state index in [2.05, 4.69) is 22.8 Å². The zero-order valence-corrected chi connectivity index (χ0v) is 27.7. The SMILES string of the molecule is O=C(Nc1ccccc1)O[C@H]1C(O)[C@@H](COP(=O)([O-])OP(=O)([O-])OP(=O)([O-])OP(=O)([O-])c2ccc(Cl)cc2)O[C@H]1n1ccc(=O)[nH]c1=O. The summed E-state index contributed by atoms with van der Waals surface area (Å²) >= 11 is 5.61. The molecule has 262 valence electrons. The van der Waals surface area contributed by atoms with Crippen LogP contribution in [0.5, 0.6) is 0 Å². The fourth-order valence-corrected chi connectivity index (χ4v) is 9.22. The van der Waals surface area contributed by atoms with Crippen LogP contribution in [0.25, 0.3) is 0 Å².